The Morgan fingerprint density at radius 2 is 1.00 bits per heavy atom. The third-order valence-electron chi connectivity index (χ3n) is 9.39. The molecule has 2 unspecified atom stereocenters. The third-order valence-corrected chi connectivity index (χ3v) is 10.5. The van der Waals surface area contributed by atoms with Crippen molar-refractivity contribution in [2.75, 3.05) is 33.0 Å². The Hall–Kier alpha value is -6.27. The highest BCUT2D eigenvalue weighted by molar-refractivity contribution is 7.80. The van der Waals surface area contributed by atoms with Crippen molar-refractivity contribution < 1.29 is 38.1 Å². The number of rotatable bonds is 20. The minimum absolute atomic E-state index is 0.0433. The van der Waals surface area contributed by atoms with Crippen molar-refractivity contribution in [3.05, 3.63) is 191 Å². The van der Waals surface area contributed by atoms with Crippen molar-refractivity contribution in [3.63, 3.8) is 0 Å². The topological polar surface area (TPSA) is 97.4 Å². The molecule has 0 amide bonds. The van der Waals surface area contributed by atoms with Crippen LogP contribution < -0.4 is 9.47 Å². The van der Waals surface area contributed by atoms with Gasteiger partial charge >= 0.3 is 17.9 Å². The third kappa shape index (κ3) is 15.5. The van der Waals surface area contributed by atoms with Gasteiger partial charge in [-0.2, -0.15) is 25.3 Å². The number of hydrogen-bond donors (Lipinski definition) is 2. The lowest BCUT2D eigenvalue weighted by Gasteiger charge is -2.12. The molecule has 0 heterocycles. The number of ether oxygens (including phenoxy) is 5. The van der Waals surface area contributed by atoms with Gasteiger partial charge in [0.1, 0.15) is 17.1 Å². The van der Waals surface area contributed by atoms with Crippen LogP contribution in [0.5, 0.6) is 11.5 Å². The standard InChI is InChI=1S/C53H50O8S2/c1-4-7-34-59-53(56)47-37-46(60-51(54)44-24-16-40(17-25-44)10-8-38-12-20-42(21-13-38)49(62)30-35-57-32-5-2)28-29-48(47)61-52(55)45-26-18-41(19-27-45)11-9-39-14-22-43(23-15-39)50(63)31-36-58-33-6-3/h5-6,12-29,37,49-50,62-63H,2-4,7,30-36H2,1H3. The maximum absolute atomic E-state index is 13.3. The van der Waals surface area contributed by atoms with Crippen LogP contribution in [0.3, 0.4) is 0 Å². The highest BCUT2D eigenvalue weighted by Crippen LogP contribution is 2.28. The summed E-state index contributed by atoms with van der Waals surface area (Å²) < 4.78 is 27.7. The average Bonchev–Trinajstić information content (AvgIpc) is 3.31. The smallest absolute Gasteiger partial charge is 0.343 e. The number of esters is 3. The Morgan fingerprint density at radius 3 is 1.43 bits per heavy atom. The second-order valence-electron chi connectivity index (χ2n) is 14.2. The van der Waals surface area contributed by atoms with Gasteiger partial charge in [-0.25, -0.2) is 14.4 Å². The van der Waals surface area contributed by atoms with E-state index in [4.69, 9.17) is 23.7 Å². The average molecular weight is 879 g/mol. The van der Waals surface area contributed by atoms with Crippen LogP contribution in [0.15, 0.2) is 141 Å². The van der Waals surface area contributed by atoms with Crippen LogP contribution in [0.4, 0.5) is 0 Å². The Kier molecular flexibility index (Phi) is 19.4. The molecule has 10 heteroatoms. The van der Waals surface area contributed by atoms with E-state index in [1.807, 2.05) is 55.5 Å². The molecule has 2 atom stereocenters. The maximum atomic E-state index is 13.3. The van der Waals surface area contributed by atoms with E-state index in [9.17, 15) is 14.4 Å². The molecule has 0 aliphatic carbocycles. The number of unbranched alkanes of at least 4 members (excludes halogenated alkanes) is 1. The van der Waals surface area contributed by atoms with Crippen molar-refractivity contribution in [1.29, 1.82) is 0 Å². The fraction of sp³-hybridized carbons (Fsp3) is 0.226. The van der Waals surface area contributed by atoms with Gasteiger partial charge in [-0.05, 0) is 121 Å². The quantitative estimate of drug-likeness (QED) is 0.0199. The molecular formula is C53H50O8S2. The Bertz CT molecular complexity index is 2440. The number of carbonyl (C=O) groups is 3. The van der Waals surface area contributed by atoms with Crippen molar-refractivity contribution in [1.82, 2.24) is 0 Å². The van der Waals surface area contributed by atoms with E-state index >= 15 is 0 Å². The number of carbonyl (C=O) groups excluding carboxylic acids is 3. The Labute approximate surface area is 381 Å². The van der Waals surface area contributed by atoms with Gasteiger partial charge in [0, 0.05) is 46.0 Å². The summed E-state index contributed by atoms with van der Waals surface area (Å²) in [4.78, 5) is 39.7. The zero-order chi connectivity index (χ0) is 44.8. The normalized spacial score (nSPS) is 11.4. The number of benzene rings is 5. The summed E-state index contributed by atoms with van der Waals surface area (Å²) in [6, 6.07) is 33.3. The highest BCUT2D eigenvalue weighted by Gasteiger charge is 2.21. The van der Waals surface area contributed by atoms with Crippen LogP contribution in [-0.4, -0.2) is 50.9 Å². The van der Waals surface area contributed by atoms with Crippen LogP contribution in [0.25, 0.3) is 0 Å². The van der Waals surface area contributed by atoms with E-state index in [0.29, 0.717) is 44.0 Å². The lowest BCUT2D eigenvalue weighted by Crippen LogP contribution is -2.14. The molecule has 63 heavy (non-hydrogen) atoms. The molecular weight excluding hydrogens is 829 g/mol. The van der Waals surface area contributed by atoms with Crippen molar-refractivity contribution in [2.45, 2.75) is 43.1 Å². The summed E-state index contributed by atoms with van der Waals surface area (Å²) >= 11 is 9.37. The second-order valence-corrected chi connectivity index (χ2v) is 15.4. The summed E-state index contributed by atoms with van der Waals surface area (Å²) in [7, 11) is 0. The molecule has 0 spiro atoms. The molecule has 5 aromatic rings. The van der Waals surface area contributed by atoms with E-state index in [1.165, 1.54) is 18.2 Å². The molecule has 0 aliphatic rings. The van der Waals surface area contributed by atoms with E-state index < -0.39 is 17.9 Å². The lowest BCUT2D eigenvalue weighted by atomic mass is 10.1. The van der Waals surface area contributed by atoms with Crippen molar-refractivity contribution >= 4 is 43.2 Å². The van der Waals surface area contributed by atoms with Gasteiger partial charge in [-0.15, -0.1) is 13.2 Å². The maximum Gasteiger partial charge on any atom is 0.343 e. The first-order chi connectivity index (χ1) is 30.7. The molecule has 0 aliphatic heterocycles. The summed E-state index contributed by atoms with van der Waals surface area (Å²) in [5.74, 6) is 10.5. The van der Waals surface area contributed by atoms with Crippen LogP contribution in [0.2, 0.25) is 0 Å². The molecule has 0 bridgehead atoms. The summed E-state index contributed by atoms with van der Waals surface area (Å²) in [6.45, 7) is 11.7. The van der Waals surface area contributed by atoms with Gasteiger partial charge in [0.05, 0.1) is 30.9 Å². The van der Waals surface area contributed by atoms with E-state index in [0.717, 1.165) is 41.5 Å². The molecule has 0 N–H and O–H groups in total. The summed E-state index contributed by atoms with van der Waals surface area (Å²) in [5.41, 5.74) is 5.70. The number of thiol groups is 2. The molecule has 5 aromatic carbocycles. The molecule has 0 saturated heterocycles. The molecule has 322 valence electrons. The van der Waals surface area contributed by atoms with Crippen LogP contribution in [0.1, 0.15) is 108 Å². The fourth-order valence-electron chi connectivity index (χ4n) is 5.83. The summed E-state index contributed by atoms with van der Waals surface area (Å²) in [5, 5.41) is 0.0994. The van der Waals surface area contributed by atoms with E-state index in [2.05, 4.69) is 62.1 Å². The second kappa shape index (κ2) is 25.6. The fourth-order valence-corrected chi connectivity index (χ4v) is 6.39. The van der Waals surface area contributed by atoms with Crippen LogP contribution in [0, 0.1) is 23.7 Å². The van der Waals surface area contributed by atoms with E-state index in [1.54, 1.807) is 60.7 Å². The van der Waals surface area contributed by atoms with E-state index in [-0.39, 0.29) is 45.3 Å². The molecule has 8 nitrogen and oxygen atoms in total. The zero-order valence-electron chi connectivity index (χ0n) is 35.2. The Morgan fingerprint density at radius 1 is 0.571 bits per heavy atom. The SMILES string of the molecule is C=CCOCCC(S)c1ccc(C#Cc2ccc(C(=O)Oc3ccc(OC(=O)c4ccc(C#Cc5ccc(C(S)CCOCC=C)cc5)cc4)c(C(=O)OCCCC)c3)cc2)cc1. The number of hydrogen-bond acceptors (Lipinski definition) is 10. The Balaban J connectivity index is 1.20. The molecule has 0 fully saturated rings. The predicted octanol–water partition coefficient (Wildman–Crippen LogP) is 11.0. The van der Waals surface area contributed by atoms with Crippen molar-refractivity contribution in [3.8, 4) is 35.2 Å². The van der Waals surface area contributed by atoms with Gasteiger partial charge in [0.2, 0.25) is 0 Å². The largest absolute Gasteiger partial charge is 0.462 e. The minimum atomic E-state index is -0.720. The van der Waals surface area contributed by atoms with Gasteiger partial charge in [-0.1, -0.05) is 73.4 Å². The van der Waals surface area contributed by atoms with Crippen LogP contribution in [-0.2, 0) is 14.2 Å². The first-order valence-electron chi connectivity index (χ1n) is 20.6. The highest BCUT2D eigenvalue weighted by atomic mass is 32.1. The van der Waals surface area contributed by atoms with Gasteiger partial charge in [0.25, 0.3) is 0 Å². The van der Waals surface area contributed by atoms with Gasteiger partial charge in [-0.3, -0.25) is 0 Å². The first-order valence-corrected chi connectivity index (χ1v) is 21.6. The molecule has 0 saturated carbocycles. The zero-order valence-corrected chi connectivity index (χ0v) is 37.0. The van der Waals surface area contributed by atoms with Crippen LogP contribution >= 0.6 is 25.3 Å². The van der Waals surface area contributed by atoms with Crippen molar-refractivity contribution in [2.24, 2.45) is 0 Å². The first kappa shape index (κ1) is 47.8. The molecule has 0 aromatic heterocycles. The lowest BCUT2D eigenvalue weighted by molar-refractivity contribution is 0.0492. The van der Waals surface area contributed by atoms with Gasteiger partial charge < -0.3 is 23.7 Å². The summed E-state index contributed by atoms with van der Waals surface area (Å²) in [6.07, 6.45) is 6.46. The minimum Gasteiger partial charge on any atom is -0.462 e. The predicted molar refractivity (Wildman–Crippen MR) is 254 cm³/mol. The monoisotopic (exact) mass is 878 g/mol. The molecule has 5 rings (SSSR count). The van der Waals surface area contributed by atoms with Gasteiger partial charge in [0.15, 0.2) is 0 Å². The molecule has 0 radical (unpaired) electrons.